The Morgan fingerprint density at radius 2 is 2.20 bits per heavy atom. The van der Waals surface area contributed by atoms with Gasteiger partial charge >= 0.3 is 0 Å². The van der Waals surface area contributed by atoms with Gasteiger partial charge in [-0.1, -0.05) is 35.0 Å². The van der Waals surface area contributed by atoms with Crippen molar-refractivity contribution in [2.45, 2.75) is 13.3 Å². The molecule has 0 heterocycles. The average Bonchev–Trinajstić information content (AvgIpc) is 2.31. The summed E-state index contributed by atoms with van der Waals surface area (Å²) in [6.07, 6.45) is 1.07. The molecule has 0 aromatic heterocycles. The number of hydrogen-bond donors (Lipinski definition) is 0. The van der Waals surface area contributed by atoms with Crippen LogP contribution in [0.1, 0.15) is 18.9 Å². The molecule has 0 fully saturated rings. The van der Waals surface area contributed by atoms with E-state index in [4.69, 9.17) is 10.00 Å². The highest BCUT2D eigenvalue weighted by Crippen LogP contribution is 2.18. The summed E-state index contributed by atoms with van der Waals surface area (Å²) in [6, 6.07) is 9.44. The van der Waals surface area contributed by atoms with E-state index in [-0.39, 0.29) is 0 Å². The van der Waals surface area contributed by atoms with Crippen molar-refractivity contribution < 1.29 is 4.74 Å². The molecule has 3 heteroatoms. The minimum atomic E-state index is 0.497. The Morgan fingerprint density at radius 3 is 2.80 bits per heavy atom. The van der Waals surface area contributed by atoms with Gasteiger partial charge in [0.05, 0.1) is 12.2 Å². The molecule has 1 aromatic carbocycles. The first-order chi connectivity index (χ1) is 7.31. The zero-order valence-electron chi connectivity index (χ0n) is 8.74. The van der Waals surface area contributed by atoms with Crippen LogP contribution in [-0.2, 0) is 0 Å². The van der Waals surface area contributed by atoms with Crippen molar-refractivity contribution in [3.8, 4) is 11.8 Å². The van der Waals surface area contributed by atoms with E-state index in [1.54, 1.807) is 6.07 Å². The van der Waals surface area contributed by atoms with Crippen LogP contribution in [0.3, 0.4) is 0 Å². The van der Waals surface area contributed by atoms with Gasteiger partial charge in [0.15, 0.2) is 0 Å². The second-order valence-corrected chi connectivity index (χ2v) is 4.00. The summed E-state index contributed by atoms with van der Waals surface area (Å²) < 4.78 is 5.62. The normalized spacial score (nSPS) is 11.8. The molecule has 2 nitrogen and oxygen atoms in total. The van der Waals surface area contributed by atoms with Crippen molar-refractivity contribution in [3.05, 3.63) is 29.8 Å². The first-order valence-corrected chi connectivity index (χ1v) is 6.11. The number of ether oxygens (including phenoxy) is 1. The summed E-state index contributed by atoms with van der Waals surface area (Å²) in [5.74, 6) is 1.18. The molecule has 0 radical (unpaired) electrons. The summed E-state index contributed by atoms with van der Waals surface area (Å²) in [4.78, 5) is 0. The Labute approximate surface area is 99.0 Å². The van der Waals surface area contributed by atoms with Crippen LogP contribution in [0, 0.1) is 17.2 Å². The molecular weight excluding hydrogens is 254 g/mol. The summed E-state index contributed by atoms with van der Waals surface area (Å²) in [5, 5.41) is 9.79. The Bertz CT molecular complexity index is 342. The van der Waals surface area contributed by atoms with Crippen molar-refractivity contribution in [2.75, 3.05) is 11.9 Å². The van der Waals surface area contributed by atoms with Gasteiger partial charge in [0.25, 0.3) is 0 Å². The van der Waals surface area contributed by atoms with E-state index in [0.29, 0.717) is 23.8 Å². The fourth-order valence-corrected chi connectivity index (χ4v) is 1.81. The van der Waals surface area contributed by atoms with Gasteiger partial charge in [-0.2, -0.15) is 5.26 Å². The first-order valence-electron chi connectivity index (χ1n) is 4.99. The van der Waals surface area contributed by atoms with Crippen LogP contribution in [0.4, 0.5) is 0 Å². The van der Waals surface area contributed by atoms with E-state index >= 15 is 0 Å². The molecule has 1 rings (SSSR count). The molecule has 0 spiro atoms. The summed E-state index contributed by atoms with van der Waals surface area (Å²) >= 11 is 3.44. The molecule has 0 amide bonds. The van der Waals surface area contributed by atoms with Gasteiger partial charge in [-0.05, 0) is 18.6 Å². The minimum absolute atomic E-state index is 0.497. The number of rotatable bonds is 5. The van der Waals surface area contributed by atoms with Crippen molar-refractivity contribution in [2.24, 2.45) is 5.92 Å². The fraction of sp³-hybridized carbons (Fsp3) is 0.417. The van der Waals surface area contributed by atoms with Crippen LogP contribution < -0.4 is 4.74 Å². The average molecular weight is 268 g/mol. The molecule has 0 aliphatic rings. The monoisotopic (exact) mass is 267 g/mol. The quantitative estimate of drug-likeness (QED) is 0.767. The van der Waals surface area contributed by atoms with Crippen molar-refractivity contribution in [1.82, 2.24) is 0 Å². The molecule has 0 aliphatic heterocycles. The highest BCUT2D eigenvalue weighted by Gasteiger charge is 2.07. The van der Waals surface area contributed by atoms with Crippen molar-refractivity contribution >= 4 is 15.9 Å². The Balaban J connectivity index is 2.61. The molecule has 1 atom stereocenters. The Morgan fingerprint density at radius 1 is 1.47 bits per heavy atom. The van der Waals surface area contributed by atoms with Crippen LogP contribution in [0.5, 0.6) is 5.75 Å². The standard InChI is InChI=1S/C12H14BrNO/c1-2-10(7-13)9-15-12-6-4-3-5-11(12)8-14/h3-6,10H,2,7,9H2,1H3. The van der Waals surface area contributed by atoms with Crippen LogP contribution in [-0.4, -0.2) is 11.9 Å². The van der Waals surface area contributed by atoms with Gasteiger partial charge in [-0.15, -0.1) is 0 Å². The third-order valence-electron chi connectivity index (χ3n) is 2.28. The van der Waals surface area contributed by atoms with Crippen LogP contribution >= 0.6 is 15.9 Å². The smallest absolute Gasteiger partial charge is 0.137 e. The number of nitriles is 1. The molecule has 0 saturated carbocycles. The first kappa shape index (κ1) is 12.1. The highest BCUT2D eigenvalue weighted by atomic mass is 79.9. The Hall–Kier alpha value is -1.01. The van der Waals surface area contributed by atoms with E-state index < -0.39 is 0 Å². The zero-order chi connectivity index (χ0) is 11.1. The lowest BCUT2D eigenvalue weighted by Crippen LogP contribution is -2.12. The third-order valence-corrected chi connectivity index (χ3v) is 3.19. The number of alkyl halides is 1. The van der Waals surface area contributed by atoms with Crippen LogP contribution in [0.25, 0.3) is 0 Å². The minimum Gasteiger partial charge on any atom is -0.492 e. The number of hydrogen-bond acceptors (Lipinski definition) is 2. The molecule has 15 heavy (non-hydrogen) atoms. The van der Waals surface area contributed by atoms with Gasteiger partial charge in [-0.3, -0.25) is 0 Å². The molecule has 0 saturated heterocycles. The summed E-state index contributed by atoms with van der Waals surface area (Å²) in [6.45, 7) is 2.78. The lowest BCUT2D eigenvalue weighted by atomic mass is 10.1. The maximum atomic E-state index is 8.86. The predicted octanol–water partition coefficient (Wildman–Crippen LogP) is 3.36. The summed E-state index contributed by atoms with van der Waals surface area (Å²) in [5.41, 5.74) is 0.599. The molecule has 0 bridgehead atoms. The molecular formula is C12H14BrNO. The lowest BCUT2D eigenvalue weighted by Gasteiger charge is -2.13. The topological polar surface area (TPSA) is 33.0 Å². The van der Waals surface area contributed by atoms with Crippen LogP contribution in [0.15, 0.2) is 24.3 Å². The zero-order valence-corrected chi connectivity index (χ0v) is 10.3. The van der Waals surface area contributed by atoms with Crippen LogP contribution in [0.2, 0.25) is 0 Å². The summed E-state index contributed by atoms with van der Waals surface area (Å²) in [7, 11) is 0. The van der Waals surface area contributed by atoms with E-state index in [1.807, 2.05) is 18.2 Å². The maximum absolute atomic E-state index is 8.86. The molecule has 0 N–H and O–H groups in total. The number of benzene rings is 1. The SMILES string of the molecule is CCC(CBr)COc1ccccc1C#N. The fourth-order valence-electron chi connectivity index (χ4n) is 1.16. The van der Waals surface area contributed by atoms with Gasteiger partial charge in [-0.25, -0.2) is 0 Å². The van der Waals surface area contributed by atoms with Crippen molar-refractivity contribution in [1.29, 1.82) is 5.26 Å². The molecule has 1 aromatic rings. The van der Waals surface area contributed by atoms with E-state index in [2.05, 4.69) is 28.9 Å². The number of halogens is 1. The maximum Gasteiger partial charge on any atom is 0.137 e. The highest BCUT2D eigenvalue weighted by molar-refractivity contribution is 9.09. The van der Waals surface area contributed by atoms with Crippen molar-refractivity contribution in [3.63, 3.8) is 0 Å². The van der Waals surface area contributed by atoms with E-state index in [1.165, 1.54) is 0 Å². The van der Waals surface area contributed by atoms with Gasteiger partial charge in [0.2, 0.25) is 0 Å². The largest absolute Gasteiger partial charge is 0.492 e. The third kappa shape index (κ3) is 3.56. The second-order valence-electron chi connectivity index (χ2n) is 3.35. The van der Waals surface area contributed by atoms with E-state index in [9.17, 15) is 0 Å². The van der Waals surface area contributed by atoms with Gasteiger partial charge in [0, 0.05) is 11.2 Å². The number of nitrogens with zero attached hydrogens (tertiary/aromatic N) is 1. The molecule has 1 unspecified atom stereocenters. The van der Waals surface area contributed by atoms with E-state index in [0.717, 1.165) is 11.8 Å². The second kappa shape index (κ2) is 6.47. The van der Waals surface area contributed by atoms with Gasteiger partial charge in [0.1, 0.15) is 11.8 Å². The van der Waals surface area contributed by atoms with Gasteiger partial charge < -0.3 is 4.74 Å². The predicted molar refractivity (Wildman–Crippen MR) is 64.2 cm³/mol. The lowest BCUT2D eigenvalue weighted by molar-refractivity contribution is 0.259. The molecule has 80 valence electrons. The number of para-hydroxylation sites is 1. The Kier molecular flexibility index (Phi) is 5.20. The molecule has 0 aliphatic carbocycles.